The highest BCUT2D eigenvalue weighted by Gasteiger charge is 2.24. The number of methoxy groups -OCH3 is 1. The fourth-order valence-electron chi connectivity index (χ4n) is 2.20. The van der Waals surface area contributed by atoms with Crippen LogP contribution in [-0.2, 0) is 4.74 Å². The van der Waals surface area contributed by atoms with Gasteiger partial charge in [-0.1, -0.05) is 0 Å². The predicted octanol–water partition coefficient (Wildman–Crippen LogP) is 1.55. The Morgan fingerprint density at radius 3 is 2.89 bits per heavy atom. The number of nitro groups is 1. The lowest BCUT2D eigenvalue weighted by Gasteiger charge is -2.13. The summed E-state index contributed by atoms with van der Waals surface area (Å²) in [6, 6.07) is 3.23. The number of ether oxygens (including phenoxy) is 1. The lowest BCUT2D eigenvalue weighted by Crippen LogP contribution is -2.18. The van der Waals surface area contributed by atoms with Gasteiger partial charge in [-0.2, -0.15) is 0 Å². The second kappa shape index (κ2) is 5.18. The number of nitrogens with one attached hydrogen (secondary N) is 1. The van der Waals surface area contributed by atoms with Crippen molar-refractivity contribution in [2.75, 3.05) is 18.2 Å². The van der Waals surface area contributed by atoms with Crippen LogP contribution in [0.5, 0.6) is 0 Å². The minimum atomic E-state index is -0.539. The van der Waals surface area contributed by atoms with Crippen LogP contribution in [0.1, 0.15) is 19.3 Å². The summed E-state index contributed by atoms with van der Waals surface area (Å²) < 4.78 is 5.28. The number of nitrogens with zero attached hydrogens (tertiary/aromatic N) is 2. The van der Waals surface area contributed by atoms with Crippen molar-refractivity contribution in [3.8, 4) is 0 Å². The van der Waals surface area contributed by atoms with Gasteiger partial charge in [0.15, 0.2) is 0 Å². The van der Waals surface area contributed by atoms with Gasteiger partial charge in [0.1, 0.15) is 5.82 Å². The number of nitrogen functional groups attached to an aromatic ring is 1. The Kier molecular flexibility index (Phi) is 3.61. The summed E-state index contributed by atoms with van der Waals surface area (Å²) in [5.41, 5.74) is 5.37. The van der Waals surface area contributed by atoms with Crippen molar-refractivity contribution < 1.29 is 9.66 Å². The fourth-order valence-corrected chi connectivity index (χ4v) is 2.20. The molecule has 0 aromatic carbocycles. The van der Waals surface area contributed by atoms with Crippen LogP contribution < -0.4 is 11.1 Å². The maximum atomic E-state index is 10.6. The summed E-state index contributed by atoms with van der Waals surface area (Å²) in [6.07, 6.45) is 3.20. The van der Waals surface area contributed by atoms with Crippen LogP contribution in [0.25, 0.3) is 0 Å². The first-order valence-electron chi connectivity index (χ1n) is 5.80. The Morgan fingerprint density at radius 2 is 2.33 bits per heavy atom. The lowest BCUT2D eigenvalue weighted by atomic mass is 10.2. The zero-order valence-corrected chi connectivity index (χ0v) is 10.1. The Balaban J connectivity index is 2.02. The molecule has 2 rings (SSSR count). The van der Waals surface area contributed by atoms with Gasteiger partial charge in [-0.15, -0.1) is 0 Å². The maximum Gasteiger partial charge on any atom is 0.311 e. The molecule has 1 heterocycles. The van der Waals surface area contributed by atoms with Gasteiger partial charge in [0.05, 0.1) is 11.0 Å². The predicted molar refractivity (Wildman–Crippen MR) is 67.4 cm³/mol. The summed E-state index contributed by atoms with van der Waals surface area (Å²) in [4.78, 5) is 14.1. The van der Waals surface area contributed by atoms with Gasteiger partial charge >= 0.3 is 5.69 Å². The first-order valence-corrected chi connectivity index (χ1v) is 5.80. The third-order valence-corrected chi connectivity index (χ3v) is 3.17. The Morgan fingerprint density at radius 1 is 1.56 bits per heavy atom. The molecule has 1 aliphatic carbocycles. The first kappa shape index (κ1) is 12.6. The van der Waals surface area contributed by atoms with Gasteiger partial charge in [0.2, 0.25) is 5.82 Å². The highest BCUT2D eigenvalue weighted by atomic mass is 16.6. The number of anilines is 2. The largest absolute Gasteiger partial charge is 0.381 e. The van der Waals surface area contributed by atoms with Crippen LogP contribution in [0.15, 0.2) is 12.1 Å². The number of rotatable bonds is 4. The number of pyridine rings is 1. The molecule has 7 nitrogen and oxygen atoms in total. The molecule has 18 heavy (non-hydrogen) atoms. The van der Waals surface area contributed by atoms with Crippen LogP contribution in [0.3, 0.4) is 0 Å². The van der Waals surface area contributed by atoms with E-state index in [1.54, 1.807) is 13.2 Å². The molecule has 0 saturated heterocycles. The molecule has 1 saturated carbocycles. The van der Waals surface area contributed by atoms with Crippen molar-refractivity contribution in [3.63, 3.8) is 0 Å². The Labute approximate surface area is 104 Å². The van der Waals surface area contributed by atoms with Crippen LogP contribution >= 0.6 is 0 Å². The topological polar surface area (TPSA) is 103 Å². The van der Waals surface area contributed by atoms with E-state index < -0.39 is 4.92 Å². The first-order chi connectivity index (χ1) is 8.60. The van der Waals surface area contributed by atoms with Gasteiger partial charge in [-0.3, -0.25) is 10.1 Å². The zero-order valence-electron chi connectivity index (χ0n) is 10.1. The van der Waals surface area contributed by atoms with Crippen molar-refractivity contribution in [3.05, 3.63) is 22.2 Å². The highest BCUT2D eigenvalue weighted by Crippen LogP contribution is 2.26. The molecule has 0 radical (unpaired) electrons. The number of hydrogen-bond acceptors (Lipinski definition) is 6. The van der Waals surface area contributed by atoms with E-state index in [9.17, 15) is 10.1 Å². The highest BCUT2D eigenvalue weighted by molar-refractivity contribution is 5.57. The van der Waals surface area contributed by atoms with Crippen LogP contribution in [-0.4, -0.2) is 29.2 Å². The molecular weight excluding hydrogens is 236 g/mol. The summed E-state index contributed by atoms with van der Waals surface area (Å²) in [5, 5.41) is 13.8. The molecule has 1 fully saturated rings. The van der Waals surface area contributed by atoms with Crippen molar-refractivity contribution in [2.24, 2.45) is 0 Å². The van der Waals surface area contributed by atoms with E-state index in [1.165, 1.54) is 6.07 Å². The molecule has 0 amide bonds. The summed E-state index contributed by atoms with van der Waals surface area (Å²) in [5.74, 6) is 0.506. The minimum absolute atomic E-state index is 0.0636. The van der Waals surface area contributed by atoms with Gasteiger partial charge in [-0.05, 0) is 25.3 Å². The van der Waals surface area contributed by atoms with E-state index in [0.717, 1.165) is 19.3 Å². The van der Waals surface area contributed by atoms with Gasteiger partial charge in [0, 0.05) is 19.2 Å². The Bertz CT molecular complexity index is 452. The second-order valence-corrected chi connectivity index (χ2v) is 4.37. The second-order valence-electron chi connectivity index (χ2n) is 4.37. The molecule has 2 atom stereocenters. The van der Waals surface area contributed by atoms with Crippen LogP contribution in [0, 0.1) is 10.1 Å². The van der Waals surface area contributed by atoms with E-state index in [4.69, 9.17) is 10.5 Å². The SMILES string of the molecule is COC1CCC(Nc2ccc([N+](=O)[O-])c(N)n2)C1. The molecule has 0 bridgehead atoms. The number of hydrogen-bond donors (Lipinski definition) is 2. The molecule has 98 valence electrons. The summed E-state index contributed by atoms with van der Waals surface area (Å²) in [6.45, 7) is 0. The monoisotopic (exact) mass is 252 g/mol. The van der Waals surface area contributed by atoms with Crippen molar-refractivity contribution in [1.29, 1.82) is 0 Å². The number of aromatic nitrogens is 1. The third-order valence-electron chi connectivity index (χ3n) is 3.17. The van der Waals surface area contributed by atoms with Crippen LogP contribution in [0.4, 0.5) is 17.3 Å². The van der Waals surface area contributed by atoms with Gasteiger partial charge < -0.3 is 15.8 Å². The smallest absolute Gasteiger partial charge is 0.311 e. The quantitative estimate of drug-likeness (QED) is 0.622. The molecule has 0 spiro atoms. The maximum absolute atomic E-state index is 10.6. The average Bonchev–Trinajstić information content (AvgIpc) is 2.76. The van der Waals surface area contributed by atoms with E-state index in [0.29, 0.717) is 5.82 Å². The van der Waals surface area contributed by atoms with Crippen molar-refractivity contribution >= 4 is 17.3 Å². The molecule has 1 aromatic heterocycles. The van der Waals surface area contributed by atoms with E-state index >= 15 is 0 Å². The molecule has 3 N–H and O–H groups in total. The van der Waals surface area contributed by atoms with Crippen molar-refractivity contribution in [2.45, 2.75) is 31.4 Å². The van der Waals surface area contributed by atoms with Crippen LogP contribution in [0.2, 0.25) is 0 Å². The number of nitrogens with two attached hydrogens (primary N) is 1. The standard InChI is InChI=1S/C11H16N4O3/c1-18-8-3-2-7(6-8)13-10-5-4-9(15(16)17)11(12)14-10/h4-5,7-8H,2-3,6H2,1H3,(H3,12,13,14). The molecule has 1 aromatic rings. The van der Waals surface area contributed by atoms with E-state index in [1.807, 2.05) is 0 Å². The summed E-state index contributed by atoms with van der Waals surface area (Å²) in [7, 11) is 1.70. The third kappa shape index (κ3) is 2.67. The normalized spacial score (nSPS) is 22.9. The fraction of sp³-hybridized carbons (Fsp3) is 0.545. The van der Waals surface area contributed by atoms with Gasteiger partial charge in [0.25, 0.3) is 0 Å². The van der Waals surface area contributed by atoms with Gasteiger partial charge in [-0.25, -0.2) is 4.98 Å². The lowest BCUT2D eigenvalue weighted by molar-refractivity contribution is -0.384. The molecule has 0 aliphatic heterocycles. The molecule has 1 aliphatic rings. The minimum Gasteiger partial charge on any atom is -0.381 e. The molecular formula is C11H16N4O3. The van der Waals surface area contributed by atoms with E-state index in [-0.39, 0.29) is 23.7 Å². The van der Waals surface area contributed by atoms with E-state index in [2.05, 4.69) is 10.3 Å². The summed E-state index contributed by atoms with van der Waals surface area (Å²) >= 11 is 0. The van der Waals surface area contributed by atoms with Crippen molar-refractivity contribution in [1.82, 2.24) is 4.98 Å². The Hall–Kier alpha value is -1.89. The average molecular weight is 252 g/mol. The zero-order chi connectivity index (χ0) is 13.1. The molecule has 7 heteroatoms. The molecule has 2 unspecified atom stereocenters.